The van der Waals surface area contributed by atoms with Gasteiger partial charge in [-0.05, 0) is 105 Å². The molecule has 5 rings (SSSR count). The van der Waals surface area contributed by atoms with E-state index in [1.54, 1.807) is 0 Å². The molecule has 2 N–H and O–H groups in total. The molecule has 1 aliphatic heterocycles. The molecule has 0 aliphatic carbocycles. The number of carbonyl (C=O) groups is 1. The molecule has 0 spiro atoms. The van der Waals surface area contributed by atoms with Gasteiger partial charge in [0.2, 0.25) is 5.91 Å². The number of pyridine rings is 1. The van der Waals surface area contributed by atoms with Gasteiger partial charge in [-0.1, -0.05) is 31.2 Å². The van der Waals surface area contributed by atoms with Crippen LogP contribution in [0.3, 0.4) is 0 Å². The number of aryl methyl sites for hydroxylation is 4. The Balaban J connectivity index is 1.66. The van der Waals surface area contributed by atoms with Gasteiger partial charge < -0.3 is 20.1 Å². The molecule has 2 atom stereocenters. The maximum atomic E-state index is 12.0. The van der Waals surface area contributed by atoms with Crippen LogP contribution in [-0.2, 0) is 4.79 Å². The van der Waals surface area contributed by atoms with Gasteiger partial charge in [0.15, 0.2) is 5.11 Å². The van der Waals surface area contributed by atoms with E-state index in [1.807, 2.05) is 44.3 Å². The first-order chi connectivity index (χ1) is 18.7. The second-order valence-electron chi connectivity index (χ2n) is 10.3. The van der Waals surface area contributed by atoms with Crippen LogP contribution >= 0.6 is 12.2 Å². The van der Waals surface area contributed by atoms with E-state index in [4.69, 9.17) is 17.2 Å². The lowest BCUT2D eigenvalue weighted by atomic mass is 9.96. The van der Waals surface area contributed by atoms with Gasteiger partial charge in [0, 0.05) is 35.4 Å². The van der Waals surface area contributed by atoms with E-state index in [-0.39, 0.29) is 18.0 Å². The Bertz CT molecular complexity index is 1540. The van der Waals surface area contributed by atoms with Crippen LogP contribution in [0.15, 0.2) is 66.9 Å². The fraction of sp³-hybridized carbons (Fsp3) is 0.281. The molecule has 1 aliphatic rings. The first-order valence-corrected chi connectivity index (χ1v) is 13.8. The monoisotopic (exact) mass is 537 g/mol. The lowest BCUT2D eigenvalue weighted by molar-refractivity contribution is -0.115. The third-order valence-electron chi connectivity index (χ3n) is 7.63. The number of rotatable bonds is 6. The number of anilines is 2. The Morgan fingerprint density at radius 3 is 2.36 bits per heavy atom. The maximum absolute atomic E-state index is 12.0. The zero-order valence-corrected chi connectivity index (χ0v) is 24.2. The Morgan fingerprint density at radius 2 is 1.72 bits per heavy atom. The molecule has 3 heterocycles. The summed E-state index contributed by atoms with van der Waals surface area (Å²) >= 11 is 5.97. The number of benzene rings is 2. The minimum atomic E-state index is -0.134. The van der Waals surface area contributed by atoms with Crippen molar-refractivity contribution in [1.29, 1.82) is 0 Å². The number of amides is 1. The van der Waals surface area contributed by atoms with Crippen LogP contribution in [0.2, 0.25) is 0 Å². The number of aromatic nitrogens is 2. The zero-order chi connectivity index (χ0) is 27.8. The van der Waals surface area contributed by atoms with Gasteiger partial charge >= 0.3 is 0 Å². The van der Waals surface area contributed by atoms with Crippen molar-refractivity contribution in [2.45, 2.75) is 60.0 Å². The lowest BCUT2D eigenvalue weighted by Crippen LogP contribution is -2.29. The molecule has 1 amide bonds. The summed E-state index contributed by atoms with van der Waals surface area (Å²) in [6.07, 6.45) is 2.26. The molecule has 1 fully saturated rings. The van der Waals surface area contributed by atoms with Crippen LogP contribution in [0.1, 0.15) is 64.8 Å². The van der Waals surface area contributed by atoms with E-state index in [1.165, 1.54) is 33.8 Å². The summed E-state index contributed by atoms with van der Waals surface area (Å²) < 4.78 is 2.36. The molecule has 0 bridgehead atoms. The number of carbonyl (C=O) groups excluding carboxylic acids is 1. The number of hydrogen-bond donors (Lipinski definition) is 2. The van der Waals surface area contributed by atoms with Gasteiger partial charge in [0.25, 0.3) is 0 Å². The van der Waals surface area contributed by atoms with Gasteiger partial charge in [0.05, 0.1) is 23.5 Å². The molecule has 7 heteroatoms. The number of para-hydroxylation sites is 1. The standard InChI is InChI=1S/C32H35N5OS/c1-7-28(38)34-26-15-14-24(17-21(26)4)37-31(29(35-32(37)39)27-13-8-9-16-33-27)25-18-22(5)36(23(25)6)30-19(2)11-10-12-20(30)3/h8-18,29,31H,7H2,1-6H3,(H,34,38)(H,35,39). The fourth-order valence-electron chi connectivity index (χ4n) is 5.72. The lowest BCUT2D eigenvalue weighted by Gasteiger charge is -2.29. The first kappa shape index (κ1) is 26.6. The highest BCUT2D eigenvalue weighted by atomic mass is 32.1. The second kappa shape index (κ2) is 10.7. The third-order valence-corrected chi connectivity index (χ3v) is 7.95. The number of nitrogens with one attached hydrogen (secondary N) is 2. The Kier molecular flexibility index (Phi) is 7.28. The van der Waals surface area contributed by atoms with Crippen molar-refractivity contribution in [2.75, 3.05) is 10.2 Å². The highest BCUT2D eigenvalue weighted by Gasteiger charge is 2.42. The smallest absolute Gasteiger partial charge is 0.224 e. The van der Waals surface area contributed by atoms with Crippen molar-refractivity contribution < 1.29 is 4.79 Å². The minimum Gasteiger partial charge on any atom is -0.351 e. The number of thiocarbonyl (C=S) groups is 1. The van der Waals surface area contributed by atoms with Crippen LogP contribution in [-0.4, -0.2) is 20.6 Å². The molecule has 0 radical (unpaired) electrons. The molecule has 6 nitrogen and oxygen atoms in total. The highest BCUT2D eigenvalue weighted by Crippen LogP contribution is 2.44. The van der Waals surface area contributed by atoms with E-state index in [2.05, 4.69) is 84.2 Å². The topological polar surface area (TPSA) is 62.2 Å². The molecule has 2 aromatic heterocycles. The molecule has 2 unspecified atom stereocenters. The van der Waals surface area contributed by atoms with Crippen molar-refractivity contribution >= 4 is 34.6 Å². The summed E-state index contributed by atoms with van der Waals surface area (Å²) in [7, 11) is 0. The Hall–Kier alpha value is -3.97. The van der Waals surface area contributed by atoms with Gasteiger partial charge in [-0.25, -0.2) is 0 Å². The molecule has 39 heavy (non-hydrogen) atoms. The molecule has 2 aromatic carbocycles. The van der Waals surface area contributed by atoms with Crippen molar-refractivity contribution in [3.05, 3.63) is 106 Å². The molecule has 200 valence electrons. The summed E-state index contributed by atoms with van der Waals surface area (Å²) in [6.45, 7) is 12.6. The number of hydrogen-bond acceptors (Lipinski definition) is 3. The van der Waals surface area contributed by atoms with Gasteiger partial charge in [-0.3, -0.25) is 9.78 Å². The van der Waals surface area contributed by atoms with Crippen LogP contribution in [0, 0.1) is 34.6 Å². The predicted molar refractivity (Wildman–Crippen MR) is 163 cm³/mol. The van der Waals surface area contributed by atoms with Crippen molar-refractivity contribution in [3.63, 3.8) is 0 Å². The Labute approximate surface area is 236 Å². The summed E-state index contributed by atoms with van der Waals surface area (Å²) in [5.41, 5.74) is 10.9. The van der Waals surface area contributed by atoms with Crippen molar-refractivity contribution in [1.82, 2.24) is 14.9 Å². The zero-order valence-electron chi connectivity index (χ0n) is 23.4. The van der Waals surface area contributed by atoms with Crippen molar-refractivity contribution in [2.24, 2.45) is 0 Å². The van der Waals surface area contributed by atoms with Crippen molar-refractivity contribution in [3.8, 4) is 5.69 Å². The van der Waals surface area contributed by atoms with Gasteiger partial charge in [0.1, 0.15) is 0 Å². The van der Waals surface area contributed by atoms with Crippen LogP contribution in [0.25, 0.3) is 5.69 Å². The predicted octanol–water partition coefficient (Wildman–Crippen LogP) is 6.94. The highest BCUT2D eigenvalue weighted by molar-refractivity contribution is 7.80. The Morgan fingerprint density at radius 1 is 0.974 bits per heavy atom. The van der Waals surface area contributed by atoms with E-state index in [0.29, 0.717) is 11.5 Å². The second-order valence-corrected chi connectivity index (χ2v) is 10.7. The minimum absolute atomic E-state index is 0.00348. The van der Waals surface area contributed by atoms with Crippen LogP contribution in [0.5, 0.6) is 0 Å². The summed E-state index contributed by atoms with van der Waals surface area (Å²) in [6, 6.07) is 20.6. The van der Waals surface area contributed by atoms with E-state index in [9.17, 15) is 4.79 Å². The quantitative estimate of drug-likeness (QED) is 0.261. The number of nitrogens with zero attached hydrogens (tertiary/aromatic N) is 3. The molecule has 1 saturated heterocycles. The largest absolute Gasteiger partial charge is 0.351 e. The van der Waals surface area contributed by atoms with E-state index >= 15 is 0 Å². The summed E-state index contributed by atoms with van der Waals surface area (Å²) in [5, 5.41) is 7.22. The summed E-state index contributed by atoms with van der Waals surface area (Å²) in [5.74, 6) is -0.00348. The van der Waals surface area contributed by atoms with Crippen LogP contribution in [0.4, 0.5) is 11.4 Å². The third kappa shape index (κ3) is 4.83. The van der Waals surface area contributed by atoms with Crippen LogP contribution < -0.4 is 15.5 Å². The molecule has 0 saturated carbocycles. The first-order valence-electron chi connectivity index (χ1n) is 13.4. The normalized spacial score (nSPS) is 16.9. The fourth-order valence-corrected chi connectivity index (χ4v) is 6.06. The van der Waals surface area contributed by atoms with Gasteiger partial charge in [-0.2, -0.15) is 0 Å². The molecule has 4 aromatic rings. The maximum Gasteiger partial charge on any atom is 0.224 e. The molecular weight excluding hydrogens is 502 g/mol. The average Bonchev–Trinajstić information content (AvgIpc) is 3.41. The molecular formula is C32H35N5OS. The SMILES string of the molecule is CCC(=O)Nc1ccc(N2C(=S)NC(c3ccccn3)C2c2cc(C)n(-c3c(C)cccc3C)c2C)cc1C. The van der Waals surface area contributed by atoms with E-state index in [0.717, 1.165) is 22.6 Å². The van der Waals surface area contributed by atoms with E-state index < -0.39 is 0 Å². The van der Waals surface area contributed by atoms with Gasteiger partial charge in [-0.15, -0.1) is 0 Å². The summed E-state index contributed by atoms with van der Waals surface area (Å²) in [4.78, 5) is 19.0. The average molecular weight is 538 g/mol.